The number of carbonyl (C=O) groups excluding carboxylic acids is 1. The number of carbonyl (C=O) groups is 1. The van der Waals surface area contributed by atoms with Crippen LogP contribution in [0.2, 0.25) is 0 Å². The average molecular weight is 357 g/mol. The SMILES string of the molecule is CC[C@H](C)N(CCc1nc(-c2cccc(OC)c2)no1)C(=O)C1CCC1. The van der Waals surface area contributed by atoms with Gasteiger partial charge < -0.3 is 14.2 Å². The highest BCUT2D eigenvalue weighted by molar-refractivity contribution is 5.79. The number of hydrogen-bond acceptors (Lipinski definition) is 5. The number of amides is 1. The van der Waals surface area contributed by atoms with Crippen molar-refractivity contribution in [1.82, 2.24) is 15.0 Å². The van der Waals surface area contributed by atoms with E-state index in [9.17, 15) is 4.79 Å². The minimum absolute atomic E-state index is 0.207. The van der Waals surface area contributed by atoms with Crippen LogP contribution in [-0.4, -0.2) is 40.6 Å². The maximum absolute atomic E-state index is 12.7. The molecule has 26 heavy (non-hydrogen) atoms. The van der Waals surface area contributed by atoms with Gasteiger partial charge in [0.05, 0.1) is 7.11 Å². The number of hydrogen-bond donors (Lipinski definition) is 0. The Morgan fingerprint density at radius 1 is 1.42 bits per heavy atom. The molecule has 1 fully saturated rings. The third-order valence-corrected chi connectivity index (χ3v) is 5.22. The van der Waals surface area contributed by atoms with E-state index in [1.807, 2.05) is 29.2 Å². The number of methoxy groups -OCH3 is 1. The molecular weight excluding hydrogens is 330 g/mol. The molecule has 6 nitrogen and oxygen atoms in total. The van der Waals surface area contributed by atoms with E-state index in [1.54, 1.807) is 7.11 Å². The summed E-state index contributed by atoms with van der Waals surface area (Å²) in [6, 6.07) is 7.79. The summed E-state index contributed by atoms with van der Waals surface area (Å²) in [5.74, 6) is 2.33. The highest BCUT2D eigenvalue weighted by Gasteiger charge is 2.31. The molecule has 0 saturated heterocycles. The summed E-state index contributed by atoms with van der Waals surface area (Å²) in [6.07, 6.45) is 4.72. The maximum atomic E-state index is 12.7. The van der Waals surface area contributed by atoms with Crippen LogP contribution in [0.1, 0.15) is 45.4 Å². The zero-order valence-electron chi connectivity index (χ0n) is 15.8. The van der Waals surface area contributed by atoms with Crippen molar-refractivity contribution in [1.29, 1.82) is 0 Å². The number of nitrogens with zero attached hydrogens (tertiary/aromatic N) is 3. The van der Waals surface area contributed by atoms with Crippen LogP contribution >= 0.6 is 0 Å². The normalized spacial score (nSPS) is 15.3. The second-order valence-electron chi connectivity index (χ2n) is 6.91. The molecule has 140 valence electrons. The van der Waals surface area contributed by atoms with Gasteiger partial charge in [0.2, 0.25) is 17.6 Å². The van der Waals surface area contributed by atoms with Gasteiger partial charge in [-0.25, -0.2) is 0 Å². The molecule has 1 amide bonds. The lowest BCUT2D eigenvalue weighted by Gasteiger charge is -2.35. The first-order valence-corrected chi connectivity index (χ1v) is 9.39. The molecule has 0 bridgehead atoms. The monoisotopic (exact) mass is 357 g/mol. The molecule has 3 rings (SSSR count). The Balaban J connectivity index is 1.66. The van der Waals surface area contributed by atoms with Crippen molar-refractivity contribution in [3.05, 3.63) is 30.2 Å². The molecule has 1 aliphatic rings. The Hall–Kier alpha value is -2.37. The summed E-state index contributed by atoms with van der Waals surface area (Å²) >= 11 is 0. The minimum Gasteiger partial charge on any atom is -0.497 e. The van der Waals surface area contributed by atoms with Crippen LogP contribution in [0.5, 0.6) is 5.75 Å². The fraction of sp³-hybridized carbons (Fsp3) is 0.550. The van der Waals surface area contributed by atoms with Crippen LogP contribution in [0.4, 0.5) is 0 Å². The molecule has 1 aromatic heterocycles. The first-order chi connectivity index (χ1) is 12.6. The van der Waals surface area contributed by atoms with E-state index in [0.717, 1.165) is 37.0 Å². The van der Waals surface area contributed by atoms with Gasteiger partial charge in [-0.15, -0.1) is 0 Å². The molecule has 0 spiro atoms. The Bertz CT molecular complexity index is 739. The molecule has 1 heterocycles. The fourth-order valence-corrected chi connectivity index (χ4v) is 3.11. The van der Waals surface area contributed by atoms with Crippen LogP contribution in [0, 0.1) is 5.92 Å². The van der Waals surface area contributed by atoms with Gasteiger partial charge in [-0.3, -0.25) is 4.79 Å². The van der Waals surface area contributed by atoms with Gasteiger partial charge in [0, 0.05) is 30.5 Å². The van der Waals surface area contributed by atoms with Gasteiger partial charge >= 0.3 is 0 Å². The third kappa shape index (κ3) is 4.06. The zero-order valence-corrected chi connectivity index (χ0v) is 15.8. The molecule has 0 aliphatic heterocycles. The van der Waals surface area contributed by atoms with E-state index in [1.165, 1.54) is 0 Å². The highest BCUT2D eigenvalue weighted by atomic mass is 16.5. The van der Waals surface area contributed by atoms with Crippen molar-refractivity contribution >= 4 is 5.91 Å². The first kappa shape index (κ1) is 18.4. The fourth-order valence-electron chi connectivity index (χ4n) is 3.11. The van der Waals surface area contributed by atoms with E-state index >= 15 is 0 Å². The van der Waals surface area contributed by atoms with E-state index in [0.29, 0.717) is 24.7 Å². The van der Waals surface area contributed by atoms with Gasteiger partial charge in [0.25, 0.3) is 0 Å². The molecule has 0 N–H and O–H groups in total. The zero-order chi connectivity index (χ0) is 18.5. The quantitative estimate of drug-likeness (QED) is 0.720. The third-order valence-electron chi connectivity index (χ3n) is 5.22. The molecule has 1 saturated carbocycles. The molecule has 1 aromatic carbocycles. The van der Waals surface area contributed by atoms with E-state index < -0.39 is 0 Å². The maximum Gasteiger partial charge on any atom is 0.228 e. The smallest absolute Gasteiger partial charge is 0.228 e. The van der Waals surface area contributed by atoms with Crippen LogP contribution in [-0.2, 0) is 11.2 Å². The van der Waals surface area contributed by atoms with Crippen molar-refractivity contribution in [3.63, 3.8) is 0 Å². The van der Waals surface area contributed by atoms with Gasteiger partial charge in [0.1, 0.15) is 5.75 Å². The summed E-state index contributed by atoms with van der Waals surface area (Å²) in [4.78, 5) is 19.2. The van der Waals surface area contributed by atoms with Crippen LogP contribution < -0.4 is 4.74 Å². The van der Waals surface area contributed by atoms with Gasteiger partial charge in [-0.2, -0.15) is 4.98 Å². The highest BCUT2D eigenvalue weighted by Crippen LogP contribution is 2.29. The molecule has 1 aliphatic carbocycles. The van der Waals surface area contributed by atoms with Crippen molar-refractivity contribution in [2.45, 2.75) is 52.0 Å². The summed E-state index contributed by atoms with van der Waals surface area (Å²) < 4.78 is 10.6. The standard InChI is InChI=1S/C20H27N3O3/c1-4-14(2)23(20(24)15-7-5-8-15)12-11-18-21-19(22-26-18)16-9-6-10-17(13-16)25-3/h6,9-10,13-15H,4-5,7-8,11-12H2,1-3H3/t14-/m0/s1. The summed E-state index contributed by atoms with van der Waals surface area (Å²) in [5, 5.41) is 4.07. The van der Waals surface area contributed by atoms with Crippen LogP contribution in [0.25, 0.3) is 11.4 Å². The lowest BCUT2D eigenvalue weighted by molar-refractivity contribution is -0.140. The van der Waals surface area contributed by atoms with Crippen molar-refractivity contribution in [2.24, 2.45) is 5.92 Å². The lowest BCUT2D eigenvalue weighted by atomic mass is 9.84. The molecule has 0 unspecified atom stereocenters. The summed E-state index contributed by atoms with van der Waals surface area (Å²) in [7, 11) is 1.63. The van der Waals surface area contributed by atoms with Gasteiger partial charge in [0.15, 0.2) is 0 Å². The Morgan fingerprint density at radius 2 is 2.23 bits per heavy atom. The number of ether oxygens (including phenoxy) is 1. The van der Waals surface area contributed by atoms with Crippen molar-refractivity contribution in [3.8, 4) is 17.1 Å². The Labute approximate surface area is 154 Å². The van der Waals surface area contributed by atoms with Crippen LogP contribution in [0.3, 0.4) is 0 Å². The predicted octanol–water partition coefficient (Wildman–Crippen LogP) is 3.71. The van der Waals surface area contributed by atoms with E-state index in [4.69, 9.17) is 9.26 Å². The first-order valence-electron chi connectivity index (χ1n) is 9.39. The van der Waals surface area contributed by atoms with Crippen molar-refractivity contribution < 1.29 is 14.1 Å². The number of rotatable bonds is 8. The molecular formula is C20H27N3O3. The van der Waals surface area contributed by atoms with Gasteiger partial charge in [-0.05, 0) is 38.3 Å². The summed E-state index contributed by atoms with van der Waals surface area (Å²) in [6.45, 7) is 4.83. The van der Waals surface area contributed by atoms with E-state index in [2.05, 4.69) is 24.0 Å². The second-order valence-corrected chi connectivity index (χ2v) is 6.91. The van der Waals surface area contributed by atoms with E-state index in [-0.39, 0.29) is 17.9 Å². The predicted molar refractivity (Wildman–Crippen MR) is 98.8 cm³/mol. The molecule has 1 atom stereocenters. The topological polar surface area (TPSA) is 68.5 Å². The largest absolute Gasteiger partial charge is 0.497 e. The van der Waals surface area contributed by atoms with Gasteiger partial charge in [-0.1, -0.05) is 30.6 Å². The molecule has 2 aromatic rings. The lowest BCUT2D eigenvalue weighted by Crippen LogP contribution is -2.44. The van der Waals surface area contributed by atoms with Crippen molar-refractivity contribution in [2.75, 3.05) is 13.7 Å². The summed E-state index contributed by atoms with van der Waals surface area (Å²) in [5.41, 5.74) is 0.851. The van der Waals surface area contributed by atoms with Crippen LogP contribution in [0.15, 0.2) is 28.8 Å². The number of benzene rings is 1. The second kappa shape index (κ2) is 8.34. The molecule has 6 heteroatoms. The minimum atomic E-state index is 0.207. The molecule has 0 radical (unpaired) electrons. The number of aromatic nitrogens is 2. The Morgan fingerprint density at radius 3 is 2.88 bits per heavy atom. The Kier molecular flexibility index (Phi) is 5.91. The average Bonchev–Trinajstić information content (AvgIpc) is 3.09.